The number of nitrogens with zero attached hydrogens (tertiary/aromatic N) is 2. The molecule has 1 aliphatic carbocycles. The molecule has 1 aliphatic heterocycles. The summed E-state index contributed by atoms with van der Waals surface area (Å²) >= 11 is 0. The van der Waals surface area contributed by atoms with Gasteiger partial charge in [0, 0.05) is 36.9 Å². The van der Waals surface area contributed by atoms with Crippen LogP contribution in [0.2, 0.25) is 0 Å². The van der Waals surface area contributed by atoms with Crippen LogP contribution in [0.1, 0.15) is 80.8 Å². The Morgan fingerprint density at radius 2 is 1.73 bits per heavy atom. The largest absolute Gasteiger partial charge is 0.437 e. The van der Waals surface area contributed by atoms with Crippen LogP contribution in [-0.4, -0.2) is 59.6 Å². The quantitative estimate of drug-likeness (QED) is 0.122. The van der Waals surface area contributed by atoms with Gasteiger partial charge in [0.1, 0.15) is 0 Å². The molecule has 0 bridgehead atoms. The van der Waals surface area contributed by atoms with Gasteiger partial charge in [-0.15, -0.1) is 0 Å². The molecule has 3 atom stereocenters. The van der Waals surface area contributed by atoms with E-state index in [1.165, 1.54) is 4.67 Å². The molecule has 0 unspecified atom stereocenters. The Labute approximate surface area is 243 Å². The van der Waals surface area contributed by atoms with E-state index >= 15 is 0 Å². The number of amidine groups is 1. The molecule has 0 saturated carbocycles. The Kier molecular flexibility index (Phi) is 10.1. The molecule has 1 heterocycles. The first-order chi connectivity index (χ1) is 19.7. The lowest BCUT2D eigenvalue weighted by Crippen LogP contribution is -2.33. The highest BCUT2D eigenvalue weighted by molar-refractivity contribution is 7.52. The van der Waals surface area contributed by atoms with Crippen LogP contribution in [0.4, 0.5) is 0 Å². The fourth-order valence-electron chi connectivity index (χ4n) is 6.36. The molecular weight excluding hydrogens is 539 g/mol. The third-order valence-corrected chi connectivity index (χ3v) is 10.4. The molecule has 0 aromatic heterocycles. The number of carbonyl (C=O) groups is 2. The van der Waals surface area contributed by atoms with Gasteiger partial charge in [0.25, 0.3) is 5.91 Å². The lowest BCUT2D eigenvalue weighted by molar-refractivity contribution is -0.129. The number of unbranched alkanes of at least 4 members (excludes halogenated alkanes) is 1. The average Bonchev–Trinajstić information content (AvgIpc) is 3.44. The van der Waals surface area contributed by atoms with Crippen LogP contribution < -0.4 is 5.73 Å². The Bertz CT molecular complexity index is 1320. The second-order valence-electron chi connectivity index (χ2n) is 10.6. The predicted octanol–water partition coefficient (Wildman–Crippen LogP) is 5.98. The first kappa shape index (κ1) is 30.9. The van der Waals surface area contributed by atoms with E-state index in [2.05, 4.69) is 12.1 Å². The Morgan fingerprint density at radius 1 is 1.05 bits per heavy atom. The van der Waals surface area contributed by atoms with Crippen molar-refractivity contribution in [1.82, 2.24) is 9.57 Å². The molecule has 3 N–H and O–H groups in total. The van der Waals surface area contributed by atoms with E-state index in [4.69, 9.17) is 20.2 Å². The third kappa shape index (κ3) is 6.27. The summed E-state index contributed by atoms with van der Waals surface area (Å²) in [5.41, 5.74) is 10.3. The van der Waals surface area contributed by atoms with Crippen molar-refractivity contribution in [3.05, 3.63) is 59.2 Å². The molecule has 1 saturated heterocycles. The zero-order chi connectivity index (χ0) is 29.7. The van der Waals surface area contributed by atoms with E-state index in [1.807, 2.05) is 44.2 Å². The maximum absolute atomic E-state index is 14.0. The van der Waals surface area contributed by atoms with Gasteiger partial charge >= 0.3 is 7.75 Å². The first-order valence-corrected chi connectivity index (χ1v) is 16.3. The van der Waals surface area contributed by atoms with Gasteiger partial charge in [-0.3, -0.25) is 24.0 Å². The van der Waals surface area contributed by atoms with Gasteiger partial charge < -0.3 is 10.6 Å². The van der Waals surface area contributed by atoms with Crippen molar-refractivity contribution in [3.8, 4) is 11.1 Å². The number of hydrogen-bond acceptors (Lipinski definition) is 6. The number of nitrogens with one attached hydrogen (secondary N) is 1. The fraction of sp³-hybridized carbons (Fsp3) is 0.516. The van der Waals surface area contributed by atoms with E-state index in [1.54, 1.807) is 18.7 Å². The molecule has 10 heteroatoms. The van der Waals surface area contributed by atoms with Gasteiger partial charge in [-0.05, 0) is 81.3 Å². The number of nitrogens with two attached hydrogens (primary N) is 1. The van der Waals surface area contributed by atoms with Gasteiger partial charge in [0.15, 0.2) is 0 Å². The third-order valence-electron chi connectivity index (χ3n) is 8.19. The lowest BCUT2D eigenvalue weighted by Gasteiger charge is -2.30. The van der Waals surface area contributed by atoms with Crippen molar-refractivity contribution in [2.45, 2.75) is 71.8 Å². The molecule has 2 aromatic carbocycles. The minimum absolute atomic E-state index is 0.0110. The summed E-state index contributed by atoms with van der Waals surface area (Å²) in [7, 11) is -3.83. The maximum Gasteiger partial charge on any atom is 0.437 e. The number of hydrogen-bond donors (Lipinski definition) is 2. The van der Waals surface area contributed by atoms with Crippen LogP contribution in [0.15, 0.2) is 42.5 Å². The second-order valence-corrected chi connectivity index (χ2v) is 12.5. The summed E-state index contributed by atoms with van der Waals surface area (Å²) in [4.78, 5) is 28.6. The van der Waals surface area contributed by atoms with Crippen molar-refractivity contribution in [3.63, 3.8) is 0 Å². The zero-order valence-corrected chi connectivity index (χ0v) is 25.5. The fourth-order valence-corrected chi connectivity index (χ4v) is 8.31. The van der Waals surface area contributed by atoms with E-state index in [0.29, 0.717) is 37.9 Å². The minimum atomic E-state index is -3.83. The molecule has 41 heavy (non-hydrogen) atoms. The normalized spacial score (nSPS) is 19.8. The highest BCUT2D eigenvalue weighted by Crippen LogP contribution is 2.62. The molecule has 2 aromatic rings. The maximum atomic E-state index is 14.0. The highest BCUT2D eigenvalue weighted by atomic mass is 31.2. The van der Waals surface area contributed by atoms with Gasteiger partial charge in [0.05, 0.1) is 25.1 Å². The molecule has 222 valence electrons. The Balaban J connectivity index is 1.68. The molecule has 4 rings (SSSR count). The van der Waals surface area contributed by atoms with Crippen molar-refractivity contribution >= 4 is 25.4 Å². The number of benzene rings is 2. The standard InChI is InChI=1S/C31H43N4O5P/c1-5-34(6-2)30(36)23-13-11-12-21(18-23)22-16-17-25-24(19-22)20-27-29(25)26(14-9-10-15-28(32)33)31(37)35(27)41(38,39-7-3)40-8-4/h11-13,16-19,26-27,29H,5-10,14-15,20H2,1-4H3,(H3,32,33)/t26-,27+,29-/m0/s1. The van der Waals surface area contributed by atoms with E-state index in [0.717, 1.165) is 35.1 Å². The van der Waals surface area contributed by atoms with Crippen LogP contribution in [-0.2, 0) is 24.8 Å². The van der Waals surface area contributed by atoms with Crippen LogP contribution in [0.5, 0.6) is 0 Å². The zero-order valence-electron chi connectivity index (χ0n) is 24.6. The molecule has 2 aliphatic rings. The number of carbonyl (C=O) groups excluding carboxylic acids is 2. The lowest BCUT2D eigenvalue weighted by atomic mass is 9.84. The van der Waals surface area contributed by atoms with E-state index in [9.17, 15) is 14.2 Å². The van der Waals surface area contributed by atoms with Gasteiger partial charge in [0.2, 0.25) is 5.91 Å². The number of fused-ring (bicyclic) bond motifs is 3. The van der Waals surface area contributed by atoms with Crippen LogP contribution in [0.25, 0.3) is 11.1 Å². The summed E-state index contributed by atoms with van der Waals surface area (Å²) < 4.78 is 26.7. The number of amides is 2. The summed E-state index contributed by atoms with van der Waals surface area (Å²) in [6, 6.07) is 13.6. The minimum Gasteiger partial charge on any atom is -0.388 e. The highest BCUT2D eigenvalue weighted by Gasteiger charge is 2.58. The van der Waals surface area contributed by atoms with Crippen molar-refractivity contribution in [2.75, 3.05) is 26.3 Å². The molecule has 2 amide bonds. The van der Waals surface area contributed by atoms with Gasteiger partial charge in [-0.2, -0.15) is 0 Å². The SMILES string of the molecule is CCOP(=O)(OCC)N1C(=O)[C@@H](CCCCC(=N)N)[C@@H]2c3ccc(-c4cccc(C(=O)N(CC)CC)c4)cc3C[C@H]21. The summed E-state index contributed by atoms with van der Waals surface area (Å²) in [6.07, 6.45) is 3.11. The molecule has 1 fully saturated rings. The van der Waals surface area contributed by atoms with Crippen LogP contribution in [0, 0.1) is 11.3 Å². The summed E-state index contributed by atoms with van der Waals surface area (Å²) in [5.74, 6) is -0.527. The van der Waals surface area contributed by atoms with Crippen LogP contribution in [0.3, 0.4) is 0 Å². The topological polar surface area (TPSA) is 126 Å². The second kappa shape index (κ2) is 13.3. The van der Waals surface area contributed by atoms with Crippen molar-refractivity contribution < 1.29 is 23.2 Å². The van der Waals surface area contributed by atoms with E-state index < -0.39 is 7.75 Å². The molecule has 0 spiro atoms. The van der Waals surface area contributed by atoms with E-state index in [-0.39, 0.29) is 48.7 Å². The Morgan fingerprint density at radius 3 is 2.37 bits per heavy atom. The van der Waals surface area contributed by atoms with Crippen molar-refractivity contribution in [1.29, 1.82) is 5.41 Å². The smallest absolute Gasteiger partial charge is 0.388 e. The molecule has 0 radical (unpaired) electrons. The number of rotatable bonds is 14. The molecular formula is C31H43N4O5P. The van der Waals surface area contributed by atoms with Crippen molar-refractivity contribution in [2.24, 2.45) is 11.7 Å². The predicted molar refractivity (Wildman–Crippen MR) is 161 cm³/mol. The van der Waals surface area contributed by atoms with Crippen LogP contribution >= 0.6 is 7.75 Å². The van der Waals surface area contributed by atoms with Gasteiger partial charge in [-0.25, -0.2) is 9.24 Å². The molecule has 9 nitrogen and oxygen atoms in total. The summed E-state index contributed by atoms with van der Waals surface area (Å²) in [5, 5.41) is 7.52. The average molecular weight is 583 g/mol. The monoisotopic (exact) mass is 582 g/mol. The summed E-state index contributed by atoms with van der Waals surface area (Å²) in [6.45, 7) is 9.09. The van der Waals surface area contributed by atoms with Gasteiger partial charge in [-0.1, -0.05) is 36.8 Å². The first-order valence-electron chi connectivity index (χ1n) is 14.8. The Hall–Kier alpha value is -3.00.